The quantitative estimate of drug-likeness (QED) is 0.300. The number of para-hydroxylation sites is 1. The summed E-state index contributed by atoms with van der Waals surface area (Å²) in [4.78, 5) is 12.0. The number of alkyl halides is 3. The Morgan fingerprint density at radius 2 is 1.77 bits per heavy atom. The summed E-state index contributed by atoms with van der Waals surface area (Å²) < 4.78 is 49.0. The molecule has 3 aromatic heterocycles. The molecule has 0 aliphatic heterocycles. The molecule has 184 valence electrons. The fraction of sp³-hybridized carbons (Fsp3) is 0.333. The van der Waals surface area contributed by atoms with Crippen LogP contribution in [0.15, 0.2) is 48.9 Å². The molecule has 0 unspecified atom stereocenters. The van der Waals surface area contributed by atoms with E-state index in [2.05, 4.69) is 46.1 Å². The first-order valence-electron chi connectivity index (χ1n) is 10.9. The summed E-state index contributed by atoms with van der Waals surface area (Å²) >= 11 is 0.818. The lowest BCUT2D eigenvalue weighted by Gasteiger charge is -2.22. The number of benzene rings is 1. The van der Waals surface area contributed by atoms with E-state index >= 15 is 0 Å². The van der Waals surface area contributed by atoms with Crippen molar-refractivity contribution >= 4 is 22.2 Å². The van der Waals surface area contributed by atoms with E-state index in [4.69, 9.17) is 4.74 Å². The lowest BCUT2D eigenvalue weighted by atomic mass is 9.86. The summed E-state index contributed by atoms with van der Waals surface area (Å²) in [5.74, 6) is 0.802. The van der Waals surface area contributed by atoms with Gasteiger partial charge in [-0.25, -0.2) is 19.6 Å². The SMILES string of the molecule is CC(C)n1cnc(-c2sc(Nc3cccnc3Oc3ccccc3C(C)(C)C)nc2C(F)(F)F)n1. The smallest absolute Gasteiger partial charge is 0.435 e. The lowest BCUT2D eigenvalue weighted by Crippen LogP contribution is -2.12. The van der Waals surface area contributed by atoms with Gasteiger partial charge < -0.3 is 10.1 Å². The Hall–Kier alpha value is -3.47. The Balaban J connectivity index is 1.69. The number of nitrogens with one attached hydrogen (secondary N) is 1. The Morgan fingerprint density at radius 3 is 2.43 bits per heavy atom. The first-order valence-corrected chi connectivity index (χ1v) is 11.7. The van der Waals surface area contributed by atoms with Gasteiger partial charge in [0.15, 0.2) is 16.6 Å². The molecule has 0 aliphatic carbocycles. The first-order chi connectivity index (χ1) is 16.4. The van der Waals surface area contributed by atoms with Gasteiger partial charge in [-0.05, 0) is 37.5 Å². The Kier molecular flexibility index (Phi) is 6.54. The number of rotatable bonds is 6. The predicted molar refractivity (Wildman–Crippen MR) is 129 cm³/mol. The highest BCUT2D eigenvalue weighted by Gasteiger charge is 2.39. The van der Waals surface area contributed by atoms with Crippen LogP contribution in [-0.2, 0) is 11.6 Å². The number of thiazole rings is 1. The summed E-state index contributed by atoms with van der Waals surface area (Å²) in [5, 5.41) is 7.16. The number of aromatic nitrogens is 5. The summed E-state index contributed by atoms with van der Waals surface area (Å²) in [6.45, 7) is 9.93. The van der Waals surface area contributed by atoms with E-state index in [0.29, 0.717) is 11.4 Å². The minimum absolute atomic E-state index is 0.0233. The summed E-state index contributed by atoms with van der Waals surface area (Å²) in [6.07, 6.45) is -1.71. The van der Waals surface area contributed by atoms with Crippen molar-refractivity contribution in [2.24, 2.45) is 0 Å². The first kappa shape index (κ1) is 24.6. The van der Waals surface area contributed by atoms with E-state index < -0.39 is 11.9 Å². The third-order valence-electron chi connectivity index (χ3n) is 5.05. The molecule has 1 N–H and O–H groups in total. The number of hydrogen-bond acceptors (Lipinski definition) is 7. The molecule has 1 aromatic carbocycles. The number of pyridine rings is 1. The summed E-state index contributed by atoms with van der Waals surface area (Å²) in [6, 6.07) is 10.9. The van der Waals surface area contributed by atoms with Gasteiger partial charge in [0.2, 0.25) is 5.88 Å². The van der Waals surface area contributed by atoms with Crippen molar-refractivity contribution in [2.75, 3.05) is 5.32 Å². The van der Waals surface area contributed by atoms with Crippen molar-refractivity contribution in [1.29, 1.82) is 0 Å². The maximum atomic E-state index is 13.8. The molecular formula is C24H25F3N6OS. The van der Waals surface area contributed by atoms with Gasteiger partial charge >= 0.3 is 6.18 Å². The van der Waals surface area contributed by atoms with E-state index in [1.165, 1.54) is 11.0 Å². The minimum atomic E-state index is -4.67. The van der Waals surface area contributed by atoms with E-state index in [9.17, 15) is 13.2 Å². The molecule has 11 heteroatoms. The molecule has 3 heterocycles. The Bertz CT molecular complexity index is 1320. The van der Waals surface area contributed by atoms with Gasteiger partial charge in [0.05, 0.1) is 0 Å². The highest BCUT2D eigenvalue weighted by molar-refractivity contribution is 7.19. The maximum Gasteiger partial charge on any atom is 0.435 e. The van der Waals surface area contributed by atoms with Crippen molar-refractivity contribution in [1.82, 2.24) is 24.7 Å². The zero-order chi connectivity index (χ0) is 25.4. The average molecular weight is 503 g/mol. The summed E-state index contributed by atoms with van der Waals surface area (Å²) in [5.41, 5.74) is 0.123. The van der Waals surface area contributed by atoms with Crippen LogP contribution in [0, 0.1) is 0 Å². The standard InChI is InChI=1S/C24H25F3N6OS/c1-14(2)33-13-29-20(32-33)18-19(24(25,26)27)31-22(35-18)30-16-10-8-12-28-21(16)34-17-11-7-6-9-15(17)23(3,4)5/h6-14H,1-5H3,(H,30,31). The van der Waals surface area contributed by atoms with E-state index in [-0.39, 0.29) is 33.2 Å². The molecule has 7 nitrogen and oxygen atoms in total. The molecular weight excluding hydrogens is 477 g/mol. The third-order valence-corrected chi connectivity index (χ3v) is 6.02. The number of ether oxygens (including phenoxy) is 1. The van der Waals surface area contributed by atoms with Crippen LogP contribution in [-0.4, -0.2) is 24.7 Å². The zero-order valence-electron chi connectivity index (χ0n) is 19.9. The Morgan fingerprint density at radius 1 is 1.03 bits per heavy atom. The minimum Gasteiger partial charge on any atom is -0.437 e. The second-order valence-electron chi connectivity index (χ2n) is 9.17. The highest BCUT2D eigenvalue weighted by Crippen LogP contribution is 2.43. The van der Waals surface area contributed by atoms with Crippen molar-refractivity contribution in [3.05, 3.63) is 60.2 Å². The van der Waals surface area contributed by atoms with Crippen LogP contribution in [0.1, 0.15) is 51.9 Å². The second kappa shape index (κ2) is 9.29. The molecule has 0 radical (unpaired) electrons. The van der Waals surface area contributed by atoms with Gasteiger partial charge in [-0.15, -0.1) is 5.10 Å². The number of halogens is 3. The van der Waals surface area contributed by atoms with Gasteiger partial charge in [-0.2, -0.15) is 13.2 Å². The highest BCUT2D eigenvalue weighted by atomic mass is 32.1. The van der Waals surface area contributed by atoms with Gasteiger partial charge in [-0.1, -0.05) is 50.3 Å². The topological polar surface area (TPSA) is 77.8 Å². The molecule has 35 heavy (non-hydrogen) atoms. The average Bonchev–Trinajstić information content (AvgIpc) is 3.42. The normalized spacial score (nSPS) is 12.3. The van der Waals surface area contributed by atoms with Crippen molar-refractivity contribution in [3.8, 4) is 22.3 Å². The van der Waals surface area contributed by atoms with Crippen LogP contribution < -0.4 is 10.1 Å². The molecule has 0 saturated heterocycles. The zero-order valence-corrected chi connectivity index (χ0v) is 20.7. The molecule has 0 spiro atoms. The van der Waals surface area contributed by atoms with Crippen molar-refractivity contribution in [2.45, 2.75) is 52.3 Å². The number of hydrogen-bond donors (Lipinski definition) is 1. The van der Waals surface area contributed by atoms with E-state index in [1.54, 1.807) is 18.3 Å². The molecule has 0 aliphatic rings. The van der Waals surface area contributed by atoms with Gasteiger partial charge in [0, 0.05) is 17.8 Å². The monoisotopic (exact) mass is 502 g/mol. The van der Waals surface area contributed by atoms with Crippen LogP contribution in [0.25, 0.3) is 10.7 Å². The van der Waals surface area contributed by atoms with Crippen molar-refractivity contribution in [3.63, 3.8) is 0 Å². The fourth-order valence-corrected chi connectivity index (χ4v) is 4.24. The number of nitrogens with zero attached hydrogens (tertiary/aromatic N) is 5. The molecule has 0 bridgehead atoms. The summed E-state index contributed by atoms with van der Waals surface area (Å²) in [7, 11) is 0. The molecule has 0 amide bonds. The predicted octanol–water partition coefficient (Wildman–Crippen LogP) is 7.23. The molecule has 4 aromatic rings. The molecule has 4 rings (SSSR count). The Labute approximate surface area is 205 Å². The van der Waals surface area contributed by atoms with Gasteiger partial charge in [-0.3, -0.25) is 0 Å². The molecule has 0 atom stereocenters. The van der Waals surface area contributed by atoms with Crippen LogP contribution in [0.4, 0.5) is 24.0 Å². The van der Waals surface area contributed by atoms with Crippen LogP contribution in [0.5, 0.6) is 11.6 Å². The number of anilines is 2. The van der Waals surface area contributed by atoms with Crippen LogP contribution in [0.2, 0.25) is 0 Å². The maximum absolute atomic E-state index is 13.8. The van der Waals surface area contributed by atoms with Crippen LogP contribution >= 0.6 is 11.3 Å². The molecule has 0 saturated carbocycles. The van der Waals surface area contributed by atoms with E-state index in [0.717, 1.165) is 16.9 Å². The lowest BCUT2D eigenvalue weighted by molar-refractivity contribution is -0.140. The largest absolute Gasteiger partial charge is 0.437 e. The van der Waals surface area contributed by atoms with Crippen molar-refractivity contribution < 1.29 is 17.9 Å². The van der Waals surface area contributed by atoms with E-state index in [1.807, 2.05) is 38.1 Å². The second-order valence-corrected chi connectivity index (χ2v) is 10.2. The third kappa shape index (κ3) is 5.45. The molecule has 0 fully saturated rings. The van der Waals surface area contributed by atoms with Crippen LogP contribution in [0.3, 0.4) is 0 Å². The fourth-order valence-electron chi connectivity index (χ4n) is 3.31. The van der Waals surface area contributed by atoms with Gasteiger partial charge in [0.25, 0.3) is 0 Å². The van der Waals surface area contributed by atoms with Gasteiger partial charge in [0.1, 0.15) is 22.6 Å².